The van der Waals surface area contributed by atoms with Gasteiger partial charge in [-0.3, -0.25) is 4.79 Å². The molecule has 0 bridgehead atoms. The first-order valence-corrected chi connectivity index (χ1v) is 8.63. The summed E-state index contributed by atoms with van der Waals surface area (Å²) in [6, 6.07) is 2.16. The van der Waals surface area contributed by atoms with Crippen LogP contribution in [0, 0.1) is 12.5 Å². The van der Waals surface area contributed by atoms with E-state index >= 15 is 0 Å². The number of ether oxygens (including phenoxy) is 1. The summed E-state index contributed by atoms with van der Waals surface area (Å²) in [5, 5.41) is 7.22. The van der Waals surface area contributed by atoms with Crippen molar-refractivity contribution in [2.24, 2.45) is 10.3 Å². The van der Waals surface area contributed by atoms with Gasteiger partial charge in [0, 0.05) is 39.9 Å². The minimum Gasteiger partial charge on any atom is -0.399 e. The number of hydrogen-bond donors (Lipinski definition) is 1. The van der Waals surface area contributed by atoms with E-state index in [1.165, 1.54) is 32.8 Å². The van der Waals surface area contributed by atoms with Crippen LogP contribution in [-0.2, 0) is 19.2 Å². The lowest BCUT2D eigenvalue weighted by Crippen LogP contribution is -2.17. The van der Waals surface area contributed by atoms with Crippen LogP contribution in [0.5, 0.6) is 0 Å². The zero-order chi connectivity index (χ0) is 23.7. The van der Waals surface area contributed by atoms with Gasteiger partial charge in [0.15, 0.2) is 0 Å². The number of terminal acetylenes is 1. The molecule has 0 saturated carbocycles. The van der Waals surface area contributed by atoms with Crippen molar-refractivity contribution in [2.75, 3.05) is 28.3 Å². The average molecular weight is 403 g/mol. The monoisotopic (exact) mass is 402 g/mol. The predicted molar refractivity (Wildman–Crippen MR) is 119 cm³/mol. The van der Waals surface area contributed by atoms with Gasteiger partial charge in [0.05, 0.1) is 11.8 Å². The molecule has 0 aliphatic carbocycles. The second-order valence-electron chi connectivity index (χ2n) is 6.14. The summed E-state index contributed by atoms with van der Waals surface area (Å²) in [6.45, 7) is 16.1. The number of nitrogens with zero attached hydrogens (tertiary/aromatic N) is 3. The van der Waals surface area contributed by atoms with Crippen molar-refractivity contribution in [1.29, 1.82) is 0 Å². The van der Waals surface area contributed by atoms with Crippen LogP contribution < -0.4 is 5.43 Å². The average Bonchev–Trinajstić information content (AvgIpc) is 2.53. The highest BCUT2D eigenvalue weighted by atomic mass is 16.6. The zero-order valence-electron chi connectivity index (χ0n) is 20.1. The summed E-state index contributed by atoms with van der Waals surface area (Å²) in [5.41, 5.74) is 4.23. The van der Waals surface area contributed by atoms with Crippen molar-refractivity contribution in [3.05, 3.63) is 0 Å². The molecule has 1 amide bonds. The number of Topliss-reactive ketones (excluding diaryl/α,β-unsaturated/α-hetero) is 1. The van der Waals surface area contributed by atoms with E-state index in [2.05, 4.69) is 26.6 Å². The molecule has 1 N–H and O–H groups in total. The molecule has 166 valence electrons. The van der Waals surface area contributed by atoms with Gasteiger partial charge in [-0.1, -0.05) is 11.6 Å². The van der Waals surface area contributed by atoms with Crippen LogP contribution >= 0.6 is 0 Å². The fourth-order valence-corrected chi connectivity index (χ4v) is 0.327. The largest absolute Gasteiger partial charge is 0.399 e. The topological polar surface area (TPSA) is 92.6 Å². The summed E-state index contributed by atoms with van der Waals surface area (Å²) >= 11 is 0. The Bertz CT molecular complexity index is 453. The molecule has 0 aliphatic rings. The number of rotatable bonds is 3. The summed E-state index contributed by atoms with van der Waals surface area (Å²) in [4.78, 5) is 25.4. The molecule has 0 aliphatic heterocycles. The van der Waals surface area contributed by atoms with Gasteiger partial charge in [-0.2, -0.15) is 5.10 Å². The first-order valence-electron chi connectivity index (χ1n) is 8.63. The molecule has 8 nitrogen and oxygen atoms in total. The van der Waals surface area contributed by atoms with Crippen molar-refractivity contribution < 1.29 is 19.2 Å². The number of hydrogen-bond acceptors (Lipinski definition) is 7. The van der Waals surface area contributed by atoms with Crippen molar-refractivity contribution in [2.45, 2.75) is 68.4 Å². The van der Waals surface area contributed by atoms with Gasteiger partial charge in [-0.05, 0) is 55.4 Å². The van der Waals surface area contributed by atoms with Crippen LogP contribution in [0.2, 0.25) is 0 Å². The van der Waals surface area contributed by atoms with Crippen molar-refractivity contribution in [1.82, 2.24) is 10.3 Å². The Kier molecular flexibility index (Phi) is 38.3. The molecular weight excluding hydrogens is 360 g/mol. The number of ketones is 1. The molecule has 8 heteroatoms. The van der Waals surface area contributed by atoms with Gasteiger partial charge >= 0.3 is 0 Å². The third-order valence-electron chi connectivity index (χ3n) is 1.72. The van der Waals surface area contributed by atoms with Crippen molar-refractivity contribution in [3.8, 4) is 12.5 Å². The fourth-order valence-electron chi connectivity index (χ4n) is 0.327. The van der Waals surface area contributed by atoms with E-state index in [4.69, 9.17) is 11.2 Å². The van der Waals surface area contributed by atoms with E-state index in [1.54, 1.807) is 21.2 Å². The molecule has 0 aromatic rings. The molecule has 0 radical (unpaired) electrons. The van der Waals surface area contributed by atoms with Crippen LogP contribution in [0.4, 0.5) is 0 Å². The minimum absolute atomic E-state index is 0.0926. The lowest BCUT2D eigenvalue weighted by molar-refractivity contribution is -0.126. The SMILES string of the molecule is C#CNN=C(C)C.CC(=O)N(C)C.CC(C)=O.COC(C)C.CON=C(C)C. The molecule has 28 heavy (non-hydrogen) atoms. The van der Waals surface area contributed by atoms with Gasteiger partial charge in [0.25, 0.3) is 0 Å². The highest BCUT2D eigenvalue weighted by Gasteiger charge is 1.87. The Hall–Kier alpha value is -2.40. The molecule has 0 fully saturated rings. The van der Waals surface area contributed by atoms with Crippen LogP contribution in [0.15, 0.2) is 10.3 Å². The molecule has 0 atom stereocenters. The zero-order valence-corrected chi connectivity index (χ0v) is 20.1. The van der Waals surface area contributed by atoms with E-state index < -0.39 is 0 Å². The Labute approximate surface area is 172 Å². The molecule has 0 spiro atoms. The van der Waals surface area contributed by atoms with Gasteiger partial charge in [-0.15, -0.1) is 0 Å². The first kappa shape index (κ1) is 36.5. The second kappa shape index (κ2) is 29.4. The third kappa shape index (κ3) is 107. The van der Waals surface area contributed by atoms with Gasteiger partial charge in [0.2, 0.25) is 5.91 Å². The summed E-state index contributed by atoms with van der Waals surface area (Å²) in [6.07, 6.45) is 5.19. The maximum Gasteiger partial charge on any atom is 0.218 e. The van der Waals surface area contributed by atoms with E-state index in [1.807, 2.05) is 41.5 Å². The maximum atomic E-state index is 10.1. The highest BCUT2D eigenvalue weighted by Crippen LogP contribution is 1.78. The molecule has 0 saturated heterocycles. The Morgan fingerprint density at radius 1 is 0.964 bits per heavy atom. The summed E-state index contributed by atoms with van der Waals surface area (Å²) < 4.78 is 4.75. The number of amides is 1. The standard InChI is InChI=1S/C5H8N2.2C4H9NO.C4H10O.C3H6O/c1-4-6-7-5(2)3;1-4(6)5(2)3;1-4(2)5-6-3;1-4(2)5-3;1-3(2)4/h1,6H,2-3H3;2*1-3H3;4H,1-3H3;1-2H3. The molecule has 0 aromatic heterocycles. The maximum absolute atomic E-state index is 10.1. The fraction of sp³-hybridized carbons (Fsp3) is 0.700. The van der Waals surface area contributed by atoms with Gasteiger partial charge in [-0.25, -0.2) is 5.43 Å². The number of methoxy groups -OCH3 is 1. The molecule has 0 unspecified atom stereocenters. The normalized spacial score (nSPS) is 7.46. The van der Waals surface area contributed by atoms with Crippen LogP contribution in [0.3, 0.4) is 0 Å². The molecule has 0 rings (SSSR count). The molecular formula is C20H42N4O4. The first-order chi connectivity index (χ1) is 12.7. The van der Waals surface area contributed by atoms with Gasteiger partial charge < -0.3 is 19.3 Å². The van der Waals surface area contributed by atoms with Crippen LogP contribution in [0.1, 0.15) is 62.3 Å². The molecule has 0 heterocycles. The predicted octanol–water partition coefficient (Wildman–Crippen LogP) is 3.32. The second-order valence-corrected chi connectivity index (χ2v) is 6.14. The summed E-state index contributed by atoms with van der Waals surface area (Å²) in [7, 11) is 6.68. The Balaban J connectivity index is -0.0000000797. The highest BCUT2D eigenvalue weighted by molar-refractivity contribution is 5.79. The third-order valence-corrected chi connectivity index (χ3v) is 1.72. The summed E-state index contributed by atoms with van der Waals surface area (Å²) in [5.74, 6) is 0.259. The lowest BCUT2D eigenvalue weighted by Gasteiger charge is -2.02. The van der Waals surface area contributed by atoms with E-state index in [0.29, 0.717) is 6.10 Å². The molecule has 0 aromatic carbocycles. The number of nitrogens with one attached hydrogen (secondary N) is 1. The van der Waals surface area contributed by atoms with Crippen LogP contribution in [0.25, 0.3) is 0 Å². The van der Waals surface area contributed by atoms with Crippen LogP contribution in [-0.4, -0.2) is 62.4 Å². The quantitative estimate of drug-likeness (QED) is 0.338. The van der Waals surface area contributed by atoms with Crippen molar-refractivity contribution >= 4 is 23.1 Å². The van der Waals surface area contributed by atoms with E-state index in [-0.39, 0.29) is 11.7 Å². The number of carbonyl (C=O) groups excluding carboxylic acids is 2. The number of oxime groups is 1. The smallest absolute Gasteiger partial charge is 0.218 e. The van der Waals surface area contributed by atoms with Crippen molar-refractivity contribution in [3.63, 3.8) is 0 Å². The van der Waals surface area contributed by atoms with E-state index in [9.17, 15) is 9.59 Å². The Morgan fingerprint density at radius 3 is 1.32 bits per heavy atom. The Morgan fingerprint density at radius 2 is 1.29 bits per heavy atom. The number of hydrazone groups is 1. The van der Waals surface area contributed by atoms with E-state index in [0.717, 1.165) is 11.4 Å². The minimum atomic E-state index is 0.0926. The van der Waals surface area contributed by atoms with Gasteiger partial charge in [0.1, 0.15) is 12.9 Å². The number of carbonyl (C=O) groups is 2. The lowest BCUT2D eigenvalue weighted by atomic mass is 10.5.